The van der Waals surface area contributed by atoms with Gasteiger partial charge in [-0.3, -0.25) is 0 Å². The molecule has 2 N–H and O–H groups in total. The van der Waals surface area contributed by atoms with Crippen molar-refractivity contribution in [3.63, 3.8) is 0 Å². The Labute approximate surface area is 157 Å². The Kier molecular flexibility index (Phi) is 4.74. The summed E-state index contributed by atoms with van der Waals surface area (Å²) in [6.07, 6.45) is 2.44. The first-order valence-corrected chi connectivity index (χ1v) is 9.80. The van der Waals surface area contributed by atoms with Crippen LogP contribution in [0.3, 0.4) is 0 Å². The molecule has 0 unspecified atom stereocenters. The minimum Gasteiger partial charge on any atom is -0.353 e. The van der Waals surface area contributed by atoms with Crippen molar-refractivity contribution in [2.75, 3.05) is 37.8 Å². The minimum atomic E-state index is 0.580. The lowest BCUT2D eigenvalue weighted by Gasteiger charge is -2.13. The monoisotopic (exact) mass is 368 g/mol. The van der Waals surface area contributed by atoms with Crippen molar-refractivity contribution in [1.29, 1.82) is 0 Å². The molecule has 4 rings (SSSR count). The SMILES string of the molecule is Cc1nc2cc(Nc3cc(C4CC4)nc(NCCN(C)C)n3)ccc2s1. The molecule has 2 aromatic heterocycles. The maximum Gasteiger partial charge on any atom is 0.224 e. The van der Waals surface area contributed by atoms with Crippen LogP contribution in [0.4, 0.5) is 17.5 Å². The zero-order valence-electron chi connectivity index (χ0n) is 15.4. The molecule has 136 valence electrons. The maximum atomic E-state index is 4.70. The van der Waals surface area contributed by atoms with Gasteiger partial charge in [-0.2, -0.15) is 4.98 Å². The van der Waals surface area contributed by atoms with Crippen molar-refractivity contribution in [3.8, 4) is 0 Å². The third-order valence-electron chi connectivity index (χ3n) is 4.35. The van der Waals surface area contributed by atoms with E-state index in [1.807, 2.05) is 6.92 Å². The molecule has 0 radical (unpaired) electrons. The Morgan fingerprint density at radius 1 is 1.15 bits per heavy atom. The van der Waals surface area contributed by atoms with Crippen molar-refractivity contribution in [2.24, 2.45) is 0 Å². The molecular formula is C19H24N6S. The summed E-state index contributed by atoms with van der Waals surface area (Å²) in [5.41, 5.74) is 3.15. The van der Waals surface area contributed by atoms with Crippen LogP contribution >= 0.6 is 11.3 Å². The van der Waals surface area contributed by atoms with E-state index in [4.69, 9.17) is 4.98 Å². The molecule has 1 aliphatic rings. The second kappa shape index (κ2) is 7.17. The summed E-state index contributed by atoms with van der Waals surface area (Å²) >= 11 is 1.72. The Balaban J connectivity index is 1.56. The summed E-state index contributed by atoms with van der Waals surface area (Å²) < 4.78 is 1.21. The van der Waals surface area contributed by atoms with Gasteiger partial charge in [0.2, 0.25) is 5.95 Å². The lowest BCUT2D eigenvalue weighted by atomic mass is 10.2. The molecule has 1 fully saturated rings. The number of aryl methyl sites for hydroxylation is 1. The number of thiazole rings is 1. The van der Waals surface area contributed by atoms with E-state index in [-0.39, 0.29) is 0 Å². The molecule has 0 bridgehead atoms. The first-order chi connectivity index (χ1) is 12.6. The molecule has 7 heteroatoms. The normalized spacial score (nSPS) is 14.2. The van der Waals surface area contributed by atoms with Crippen LogP contribution in [-0.4, -0.2) is 47.0 Å². The fourth-order valence-corrected chi connectivity index (χ4v) is 3.66. The van der Waals surface area contributed by atoms with E-state index in [0.29, 0.717) is 11.9 Å². The smallest absolute Gasteiger partial charge is 0.224 e. The molecule has 0 saturated heterocycles. The van der Waals surface area contributed by atoms with Crippen molar-refractivity contribution >= 4 is 39.0 Å². The van der Waals surface area contributed by atoms with Crippen LogP contribution in [0, 0.1) is 6.92 Å². The molecule has 0 atom stereocenters. The van der Waals surface area contributed by atoms with Crippen LogP contribution in [0.2, 0.25) is 0 Å². The topological polar surface area (TPSA) is 66.0 Å². The van der Waals surface area contributed by atoms with E-state index >= 15 is 0 Å². The van der Waals surface area contributed by atoms with E-state index in [0.717, 1.165) is 40.8 Å². The summed E-state index contributed by atoms with van der Waals surface area (Å²) in [4.78, 5) is 16.1. The quantitative estimate of drug-likeness (QED) is 0.657. The number of hydrogen-bond donors (Lipinski definition) is 2. The molecular weight excluding hydrogens is 344 g/mol. The molecule has 2 heterocycles. The van der Waals surface area contributed by atoms with Gasteiger partial charge in [-0.15, -0.1) is 11.3 Å². The molecule has 3 aromatic rings. The number of anilines is 3. The van der Waals surface area contributed by atoms with Crippen molar-refractivity contribution < 1.29 is 0 Å². The van der Waals surface area contributed by atoms with E-state index in [1.54, 1.807) is 11.3 Å². The average molecular weight is 369 g/mol. The van der Waals surface area contributed by atoms with Gasteiger partial charge in [0, 0.05) is 30.8 Å². The third kappa shape index (κ3) is 4.11. The third-order valence-corrected chi connectivity index (χ3v) is 5.30. The van der Waals surface area contributed by atoms with E-state index < -0.39 is 0 Å². The van der Waals surface area contributed by atoms with E-state index in [1.165, 1.54) is 17.5 Å². The molecule has 0 aliphatic heterocycles. The second-order valence-electron chi connectivity index (χ2n) is 7.05. The number of hydrogen-bond acceptors (Lipinski definition) is 7. The number of nitrogens with zero attached hydrogens (tertiary/aromatic N) is 4. The van der Waals surface area contributed by atoms with E-state index in [2.05, 4.69) is 63.9 Å². The number of aromatic nitrogens is 3. The minimum absolute atomic E-state index is 0.580. The Hall–Kier alpha value is -2.25. The summed E-state index contributed by atoms with van der Waals surface area (Å²) in [7, 11) is 4.12. The van der Waals surface area contributed by atoms with Gasteiger partial charge in [0.05, 0.1) is 20.9 Å². The van der Waals surface area contributed by atoms with Gasteiger partial charge in [-0.25, -0.2) is 9.97 Å². The highest BCUT2D eigenvalue weighted by atomic mass is 32.1. The molecule has 0 spiro atoms. The van der Waals surface area contributed by atoms with Gasteiger partial charge >= 0.3 is 0 Å². The van der Waals surface area contributed by atoms with Crippen molar-refractivity contribution in [1.82, 2.24) is 19.9 Å². The molecule has 1 aromatic carbocycles. The lowest BCUT2D eigenvalue weighted by Crippen LogP contribution is -2.21. The average Bonchev–Trinajstić information content (AvgIpc) is 3.36. The zero-order valence-corrected chi connectivity index (χ0v) is 16.2. The fraction of sp³-hybridized carbons (Fsp3) is 0.421. The van der Waals surface area contributed by atoms with Gasteiger partial charge in [-0.05, 0) is 52.1 Å². The first kappa shape index (κ1) is 17.2. The van der Waals surface area contributed by atoms with E-state index in [9.17, 15) is 0 Å². The van der Waals surface area contributed by atoms with Crippen LogP contribution in [0.25, 0.3) is 10.2 Å². The van der Waals surface area contributed by atoms with Gasteiger partial charge in [0.1, 0.15) is 5.82 Å². The van der Waals surface area contributed by atoms with Gasteiger partial charge in [0.25, 0.3) is 0 Å². The van der Waals surface area contributed by atoms with Gasteiger partial charge in [-0.1, -0.05) is 0 Å². The molecule has 0 amide bonds. The summed E-state index contributed by atoms with van der Waals surface area (Å²) in [5.74, 6) is 2.11. The zero-order chi connectivity index (χ0) is 18.1. The van der Waals surface area contributed by atoms with Crippen LogP contribution in [0.15, 0.2) is 24.3 Å². The van der Waals surface area contributed by atoms with Crippen LogP contribution in [0.1, 0.15) is 29.5 Å². The Bertz CT molecular complexity index is 916. The first-order valence-electron chi connectivity index (χ1n) is 8.98. The predicted molar refractivity (Wildman–Crippen MR) is 109 cm³/mol. The predicted octanol–water partition coefficient (Wildman–Crippen LogP) is 3.99. The standard InChI is InChI=1S/C19H24N6S/c1-12-21-16-10-14(6-7-17(16)26-12)22-18-11-15(13-4-5-13)23-19(24-18)20-8-9-25(2)3/h6-7,10-11,13H,4-5,8-9H2,1-3H3,(H2,20,22,23,24). The molecule has 26 heavy (non-hydrogen) atoms. The Morgan fingerprint density at radius 3 is 2.77 bits per heavy atom. The van der Waals surface area contributed by atoms with Crippen LogP contribution in [-0.2, 0) is 0 Å². The summed E-state index contributed by atoms with van der Waals surface area (Å²) in [5, 5.41) is 7.86. The summed E-state index contributed by atoms with van der Waals surface area (Å²) in [6.45, 7) is 3.81. The highest BCUT2D eigenvalue weighted by Crippen LogP contribution is 2.40. The van der Waals surface area contributed by atoms with Crippen LogP contribution in [0.5, 0.6) is 0 Å². The number of likely N-dealkylation sites (N-methyl/N-ethyl adjacent to an activating group) is 1. The number of fused-ring (bicyclic) bond motifs is 1. The van der Waals surface area contributed by atoms with Crippen molar-refractivity contribution in [2.45, 2.75) is 25.7 Å². The lowest BCUT2D eigenvalue weighted by molar-refractivity contribution is 0.425. The van der Waals surface area contributed by atoms with Gasteiger partial charge in [0.15, 0.2) is 0 Å². The van der Waals surface area contributed by atoms with Gasteiger partial charge < -0.3 is 15.5 Å². The highest BCUT2D eigenvalue weighted by molar-refractivity contribution is 7.18. The number of nitrogens with one attached hydrogen (secondary N) is 2. The summed E-state index contributed by atoms with van der Waals surface area (Å²) in [6, 6.07) is 8.35. The Morgan fingerprint density at radius 2 is 2.00 bits per heavy atom. The maximum absolute atomic E-state index is 4.70. The fourth-order valence-electron chi connectivity index (χ4n) is 2.86. The highest BCUT2D eigenvalue weighted by Gasteiger charge is 2.26. The molecule has 1 aliphatic carbocycles. The molecule has 1 saturated carbocycles. The second-order valence-corrected chi connectivity index (χ2v) is 8.28. The van der Waals surface area contributed by atoms with Crippen LogP contribution < -0.4 is 10.6 Å². The molecule has 6 nitrogen and oxygen atoms in total. The number of rotatable bonds is 7. The number of benzene rings is 1. The van der Waals surface area contributed by atoms with Crippen molar-refractivity contribution in [3.05, 3.63) is 35.0 Å². The largest absolute Gasteiger partial charge is 0.353 e.